The number of nitrogens with zero attached hydrogens (tertiary/aromatic N) is 2. The highest BCUT2D eigenvalue weighted by atomic mass is 32.2. The molecule has 1 aromatic carbocycles. The van der Waals surface area contributed by atoms with E-state index in [4.69, 9.17) is 5.73 Å². The minimum atomic E-state index is -4.86. The molecule has 0 saturated heterocycles. The van der Waals surface area contributed by atoms with E-state index in [1.165, 1.54) is 18.2 Å². The molecule has 0 aliphatic carbocycles. The van der Waals surface area contributed by atoms with Gasteiger partial charge >= 0.3 is 12.4 Å². The SMILES string of the molecule is CCSc1ncc(-c2ccc(C(/C=C(\N)C(F)(F)F)=Nc3ccccc3C(F)(F)F)s2)cc1C. The number of allylic oxidation sites excluding steroid dienone is 2. The Morgan fingerprint density at radius 2 is 1.82 bits per heavy atom. The van der Waals surface area contributed by atoms with Crippen LogP contribution in [0.15, 0.2) is 70.5 Å². The predicted octanol–water partition coefficient (Wildman–Crippen LogP) is 7.78. The van der Waals surface area contributed by atoms with Gasteiger partial charge in [0.05, 0.1) is 26.9 Å². The number of aryl methyl sites for hydroxylation is 1. The lowest BCUT2D eigenvalue weighted by Gasteiger charge is -2.11. The Morgan fingerprint density at radius 3 is 2.44 bits per heavy atom. The van der Waals surface area contributed by atoms with E-state index >= 15 is 0 Å². The number of benzene rings is 1. The third-order valence-electron chi connectivity index (χ3n) is 4.52. The zero-order valence-corrected chi connectivity index (χ0v) is 19.6. The fraction of sp³-hybridized carbons (Fsp3) is 0.217. The summed E-state index contributed by atoms with van der Waals surface area (Å²) in [5.41, 5.74) is 3.48. The predicted molar refractivity (Wildman–Crippen MR) is 125 cm³/mol. The molecule has 0 fully saturated rings. The number of halogens is 6. The van der Waals surface area contributed by atoms with E-state index in [2.05, 4.69) is 9.98 Å². The topological polar surface area (TPSA) is 51.3 Å². The van der Waals surface area contributed by atoms with E-state index in [1.54, 1.807) is 24.0 Å². The second-order valence-corrected chi connectivity index (χ2v) is 9.39. The Hall–Kier alpha value is -2.79. The van der Waals surface area contributed by atoms with Crippen molar-refractivity contribution in [1.82, 2.24) is 4.98 Å². The number of aromatic nitrogens is 1. The highest BCUT2D eigenvalue weighted by Crippen LogP contribution is 2.37. The van der Waals surface area contributed by atoms with Crippen molar-refractivity contribution in [2.75, 3.05) is 5.75 Å². The summed E-state index contributed by atoms with van der Waals surface area (Å²) in [6.07, 6.45) is -7.39. The van der Waals surface area contributed by atoms with Crippen LogP contribution in [-0.4, -0.2) is 22.6 Å². The van der Waals surface area contributed by atoms with E-state index < -0.39 is 29.3 Å². The van der Waals surface area contributed by atoms with Crippen LogP contribution in [0.5, 0.6) is 0 Å². The van der Waals surface area contributed by atoms with Crippen molar-refractivity contribution in [3.05, 3.63) is 76.4 Å². The maximum atomic E-state index is 13.4. The molecule has 0 saturated carbocycles. The first-order valence-electron chi connectivity index (χ1n) is 9.89. The number of rotatable bonds is 6. The number of hydrogen-bond donors (Lipinski definition) is 1. The summed E-state index contributed by atoms with van der Waals surface area (Å²) in [6.45, 7) is 3.90. The average molecular weight is 516 g/mol. The third-order valence-corrected chi connectivity index (χ3v) is 6.67. The molecule has 0 radical (unpaired) electrons. The summed E-state index contributed by atoms with van der Waals surface area (Å²) in [5, 5.41) is 0.870. The molecule has 3 nitrogen and oxygen atoms in total. The summed E-state index contributed by atoms with van der Waals surface area (Å²) < 4.78 is 79.6. The largest absolute Gasteiger partial charge is 0.430 e. The Morgan fingerprint density at radius 1 is 1.12 bits per heavy atom. The van der Waals surface area contributed by atoms with Gasteiger partial charge in [0.25, 0.3) is 0 Å². The molecule has 3 aromatic rings. The number of nitrogens with two attached hydrogens (primary N) is 1. The molecular weight excluding hydrogens is 496 g/mol. The number of pyridine rings is 1. The zero-order chi connectivity index (χ0) is 25.1. The van der Waals surface area contributed by atoms with Gasteiger partial charge in [0, 0.05) is 16.6 Å². The number of alkyl halides is 6. The van der Waals surface area contributed by atoms with Crippen LogP contribution in [0, 0.1) is 6.92 Å². The molecular formula is C23H19F6N3S2. The van der Waals surface area contributed by atoms with Crippen LogP contribution in [-0.2, 0) is 6.18 Å². The molecule has 180 valence electrons. The highest BCUT2D eigenvalue weighted by Gasteiger charge is 2.34. The molecule has 0 unspecified atom stereocenters. The lowest BCUT2D eigenvalue weighted by atomic mass is 10.1. The zero-order valence-electron chi connectivity index (χ0n) is 18.0. The van der Waals surface area contributed by atoms with Crippen molar-refractivity contribution in [2.24, 2.45) is 10.7 Å². The van der Waals surface area contributed by atoms with E-state index in [0.29, 0.717) is 11.0 Å². The second kappa shape index (κ2) is 10.2. The first-order chi connectivity index (χ1) is 15.9. The molecule has 0 bridgehead atoms. The Bertz CT molecular complexity index is 1230. The van der Waals surface area contributed by atoms with E-state index in [0.717, 1.165) is 45.4 Å². The molecule has 0 aliphatic heterocycles. The average Bonchev–Trinajstić information content (AvgIpc) is 3.24. The second-order valence-electron chi connectivity index (χ2n) is 7.05. The van der Waals surface area contributed by atoms with Gasteiger partial charge in [0.1, 0.15) is 5.70 Å². The minimum absolute atomic E-state index is 0.226. The standard InChI is InChI=1S/C23H19F6N3S2/c1-3-33-21-13(2)10-14(12-31-21)18-8-9-19(34-18)17(11-20(30)23(27,28)29)32-16-7-5-4-6-15(16)22(24,25)26/h4-12H,3,30H2,1-2H3/b20-11-,32-17?. The van der Waals surface area contributed by atoms with E-state index in [9.17, 15) is 26.3 Å². The van der Waals surface area contributed by atoms with Gasteiger partial charge in [-0.15, -0.1) is 23.1 Å². The van der Waals surface area contributed by atoms with Crippen LogP contribution in [0.3, 0.4) is 0 Å². The normalized spacial score (nSPS) is 13.4. The molecule has 0 aliphatic rings. The van der Waals surface area contributed by atoms with Crippen molar-refractivity contribution in [1.29, 1.82) is 0 Å². The van der Waals surface area contributed by atoms with Crippen molar-refractivity contribution >= 4 is 34.5 Å². The monoisotopic (exact) mass is 515 g/mol. The van der Waals surface area contributed by atoms with Crippen molar-refractivity contribution in [2.45, 2.75) is 31.2 Å². The first kappa shape index (κ1) is 25.8. The molecule has 2 heterocycles. The summed E-state index contributed by atoms with van der Waals surface area (Å²) in [5.74, 6) is 0.850. The van der Waals surface area contributed by atoms with Crippen LogP contribution in [0.1, 0.15) is 22.9 Å². The van der Waals surface area contributed by atoms with E-state index in [1.807, 2.05) is 19.9 Å². The molecule has 34 heavy (non-hydrogen) atoms. The third kappa shape index (κ3) is 6.20. The van der Waals surface area contributed by atoms with Gasteiger partial charge in [0.15, 0.2) is 0 Å². The highest BCUT2D eigenvalue weighted by molar-refractivity contribution is 7.99. The first-order valence-corrected chi connectivity index (χ1v) is 11.7. The Balaban J connectivity index is 2.11. The van der Waals surface area contributed by atoms with Gasteiger partial charge in [0.2, 0.25) is 0 Å². The molecule has 0 atom stereocenters. The maximum absolute atomic E-state index is 13.4. The van der Waals surface area contributed by atoms with Crippen molar-refractivity contribution < 1.29 is 26.3 Å². The summed E-state index contributed by atoms with van der Waals surface area (Å²) in [6, 6.07) is 9.47. The summed E-state index contributed by atoms with van der Waals surface area (Å²) >= 11 is 2.66. The molecule has 2 N–H and O–H groups in total. The fourth-order valence-corrected chi connectivity index (χ4v) is 4.58. The van der Waals surface area contributed by atoms with Gasteiger partial charge in [-0.25, -0.2) is 9.98 Å². The van der Waals surface area contributed by atoms with Gasteiger partial charge in [-0.1, -0.05) is 19.1 Å². The van der Waals surface area contributed by atoms with Crippen LogP contribution < -0.4 is 5.73 Å². The summed E-state index contributed by atoms with van der Waals surface area (Å²) in [4.78, 5) is 9.26. The van der Waals surface area contributed by atoms with Gasteiger partial charge in [-0.05, 0) is 54.6 Å². The quantitative estimate of drug-likeness (QED) is 0.207. The van der Waals surface area contributed by atoms with Gasteiger partial charge in [-0.3, -0.25) is 0 Å². The number of thiophene rings is 1. The van der Waals surface area contributed by atoms with Crippen LogP contribution in [0.25, 0.3) is 10.4 Å². The van der Waals surface area contributed by atoms with Gasteiger partial charge < -0.3 is 5.73 Å². The minimum Gasteiger partial charge on any atom is -0.395 e. The molecule has 2 aromatic heterocycles. The van der Waals surface area contributed by atoms with Crippen LogP contribution in [0.2, 0.25) is 0 Å². The molecule has 3 rings (SSSR count). The molecule has 0 amide bonds. The molecule has 11 heteroatoms. The van der Waals surface area contributed by atoms with Crippen LogP contribution >= 0.6 is 23.1 Å². The Kier molecular flexibility index (Phi) is 7.77. The molecule has 0 spiro atoms. The van der Waals surface area contributed by atoms with Crippen molar-refractivity contribution in [3.63, 3.8) is 0 Å². The van der Waals surface area contributed by atoms with Crippen LogP contribution in [0.4, 0.5) is 32.0 Å². The lowest BCUT2D eigenvalue weighted by molar-refractivity contribution is -0.137. The van der Waals surface area contributed by atoms with E-state index in [-0.39, 0.29) is 10.6 Å². The number of aliphatic imine (C=N–C) groups is 1. The lowest BCUT2D eigenvalue weighted by Crippen LogP contribution is -2.20. The maximum Gasteiger partial charge on any atom is 0.430 e. The Labute approximate surface area is 200 Å². The number of para-hydroxylation sites is 1. The van der Waals surface area contributed by atoms with Gasteiger partial charge in [-0.2, -0.15) is 26.3 Å². The fourth-order valence-electron chi connectivity index (χ4n) is 2.94. The van der Waals surface area contributed by atoms with Crippen molar-refractivity contribution in [3.8, 4) is 10.4 Å². The summed E-state index contributed by atoms with van der Waals surface area (Å²) in [7, 11) is 0. The number of hydrogen-bond acceptors (Lipinski definition) is 5. The number of thioether (sulfide) groups is 1. The smallest absolute Gasteiger partial charge is 0.395 e.